The molecule has 0 bridgehead atoms. The molecule has 0 radical (unpaired) electrons. The Bertz CT molecular complexity index is 1190. The van der Waals surface area contributed by atoms with Gasteiger partial charge in [-0.1, -0.05) is 23.7 Å². The second-order valence-corrected chi connectivity index (χ2v) is 9.99. The lowest BCUT2D eigenvalue weighted by Crippen LogP contribution is -2.34. The molecule has 12 heteroatoms. The van der Waals surface area contributed by atoms with Crippen LogP contribution in [0, 0.1) is 11.5 Å². The Hall–Kier alpha value is -2.13. The summed E-state index contributed by atoms with van der Waals surface area (Å²) in [6.07, 6.45) is -0.223. The van der Waals surface area contributed by atoms with Crippen molar-refractivity contribution in [2.45, 2.75) is 36.4 Å². The first-order valence-electron chi connectivity index (χ1n) is 8.89. The van der Waals surface area contributed by atoms with Crippen molar-refractivity contribution in [2.75, 3.05) is 6.26 Å². The number of nitrogens with one attached hydrogen (secondary N) is 1. The maximum absolute atomic E-state index is 13.8. The zero-order valence-corrected chi connectivity index (χ0v) is 18.8. The predicted octanol–water partition coefficient (Wildman–Crippen LogP) is 5.71. The van der Waals surface area contributed by atoms with Crippen molar-refractivity contribution in [1.29, 1.82) is 5.26 Å². The van der Waals surface area contributed by atoms with Gasteiger partial charge in [0.2, 0.25) is 15.7 Å². The van der Waals surface area contributed by atoms with Crippen molar-refractivity contribution < 1.29 is 25.7 Å². The highest BCUT2D eigenvalue weighted by molar-refractivity contribution is 7.92. The van der Waals surface area contributed by atoms with E-state index in [1.54, 1.807) is 13.2 Å². The number of nitrogens with zero attached hydrogens (tertiary/aromatic N) is 3. The molecular weight excluding hydrogens is 473 g/mol. The fourth-order valence-electron chi connectivity index (χ4n) is 2.94. The fraction of sp³-hybridized carbons (Fsp3) is 0.316. The first kappa shape index (κ1) is 23.5. The normalized spacial score (nSPS) is 16.1. The average Bonchev–Trinajstić information content (AvgIpc) is 3.40. The molecule has 31 heavy (non-hydrogen) atoms. The van der Waals surface area contributed by atoms with Crippen LogP contribution in [0.25, 0.3) is 11.1 Å². The van der Waals surface area contributed by atoms with Gasteiger partial charge >= 0.3 is 6.18 Å². The molecule has 6 nitrogen and oxygen atoms in total. The third kappa shape index (κ3) is 5.20. The lowest BCUT2D eigenvalue weighted by atomic mass is 9.98. The Balaban J connectivity index is 2.08. The molecule has 0 amide bonds. The van der Waals surface area contributed by atoms with Gasteiger partial charge < -0.3 is 0 Å². The molecule has 164 valence electrons. The van der Waals surface area contributed by atoms with Crippen LogP contribution in [0.4, 0.5) is 18.9 Å². The average molecular weight is 490 g/mol. The Kier molecular flexibility index (Phi) is 6.40. The second-order valence-electron chi connectivity index (χ2n) is 7.19. The number of azo groups is 1. The van der Waals surface area contributed by atoms with Gasteiger partial charge in [0.1, 0.15) is 0 Å². The second kappa shape index (κ2) is 8.43. The SMILES string of the molecule is CS[N+](=NC#N)c1cc(Cl)c(-c2ccc(S(=O)(=O)NC3(C)CC3)cc2)c(C(F)(F)F)c1. The number of nitriles is 1. The van der Waals surface area contributed by atoms with Crippen LogP contribution in [0.1, 0.15) is 25.3 Å². The molecule has 1 N–H and O–H groups in total. The molecule has 0 aliphatic heterocycles. The molecule has 0 spiro atoms. The van der Waals surface area contributed by atoms with E-state index >= 15 is 0 Å². The van der Waals surface area contributed by atoms with Crippen LogP contribution in [-0.2, 0) is 16.2 Å². The van der Waals surface area contributed by atoms with E-state index in [4.69, 9.17) is 16.9 Å². The van der Waals surface area contributed by atoms with E-state index in [1.165, 1.54) is 36.5 Å². The van der Waals surface area contributed by atoms with Gasteiger partial charge in [-0.25, -0.2) is 13.1 Å². The summed E-state index contributed by atoms with van der Waals surface area (Å²) < 4.78 is 70.0. The number of rotatable bonds is 6. The molecule has 3 rings (SSSR count). The molecule has 2 aromatic rings. The molecule has 1 aliphatic carbocycles. The number of hydrogen-bond donors (Lipinski definition) is 1. The van der Waals surface area contributed by atoms with Gasteiger partial charge in [-0.15, -0.1) is 0 Å². The van der Waals surface area contributed by atoms with E-state index in [0.717, 1.165) is 35.0 Å². The molecule has 0 saturated heterocycles. The molecule has 0 heterocycles. The topological polar surface area (TPSA) is 85.3 Å². The lowest BCUT2D eigenvalue weighted by Gasteiger charge is -2.16. The van der Waals surface area contributed by atoms with Crippen LogP contribution >= 0.6 is 23.5 Å². The highest BCUT2D eigenvalue weighted by Gasteiger charge is 2.41. The smallest absolute Gasteiger partial charge is 0.207 e. The molecule has 1 saturated carbocycles. The number of alkyl halides is 3. The monoisotopic (exact) mass is 489 g/mol. The molecular formula is C19H17ClF3N4O2S2+. The van der Waals surface area contributed by atoms with Gasteiger partial charge in [-0.05, 0) is 41.6 Å². The van der Waals surface area contributed by atoms with Crippen LogP contribution in [0.3, 0.4) is 0 Å². The van der Waals surface area contributed by atoms with Crippen molar-refractivity contribution in [1.82, 2.24) is 4.72 Å². The number of benzene rings is 2. The van der Waals surface area contributed by atoms with Crippen LogP contribution in [-0.4, -0.2) is 24.3 Å². The maximum Gasteiger partial charge on any atom is 0.417 e. The summed E-state index contributed by atoms with van der Waals surface area (Å²) in [7, 11) is -3.79. The van der Waals surface area contributed by atoms with E-state index in [-0.39, 0.29) is 26.7 Å². The maximum atomic E-state index is 13.8. The summed E-state index contributed by atoms with van der Waals surface area (Å²) >= 11 is 7.15. The van der Waals surface area contributed by atoms with E-state index in [1.807, 2.05) is 0 Å². The zero-order valence-electron chi connectivity index (χ0n) is 16.4. The summed E-state index contributed by atoms with van der Waals surface area (Å²) in [5.74, 6) is 0. The first-order chi connectivity index (χ1) is 14.4. The molecule has 0 atom stereocenters. The fourth-order valence-corrected chi connectivity index (χ4v) is 5.16. The first-order valence-corrected chi connectivity index (χ1v) is 11.9. The minimum atomic E-state index is -4.75. The summed E-state index contributed by atoms with van der Waals surface area (Å²) in [5, 5.41) is 12.0. The summed E-state index contributed by atoms with van der Waals surface area (Å²) in [5.41, 5.74) is -1.70. The third-order valence-electron chi connectivity index (χ3n) is 4.74. The minimum Gasteiger partial charge on any atom is -0.207 e. The predicted molar refractivity (Wildman–Crippen MR) is 111 cm³/mol. The van der Waals surface area contributed by atoms with E-state index in [2.05, 4.69) is 9.84 Å². The van der Waals surface area contributed by atoms with Crippen LogP contribution in [0.2, 0.25) is 5.02 Å². The van der Waals surface area contributed by atoms with Crippen molar-refractivity contribution in [3.05, 3.63) is 47.0 Å². The minimum absolute atomic E-state index is 0.0174. The number of hydrogen-bond acceptors (Lipinski definition) is 5. The highest BCUT2D eigenvalue weighted by Crippen LogP contribution is 2.44. The van der Waals surface area contributed by atoms with Gasteiger partial charge in [0.15, 0.2) is 11.9 Å². The largest absolute Gasteiger partial charge is 0.417 e. The molecule has 2 aromatic carbocycles. The van der Waals surface area contributed by atoms with Gasteiger partial charge in [0.05, 0.1) is 26.9 Å². The number of halogens is 4. The van der Waals surface area contributed by atoms with Crippen LogP contribution in [0.5, 0.6) is 0 Å². The Morgan fingerprint density at radius 2 is 1.87 bits per heavy atom. The molecule has 1 fully saturated rings. The standard InChI is InChI=1S/C19H17ClF3N4O2S2/c1-18(7-8-18)26-31(28,29)14-5-3-12(4-6-14)17-15(19(21,22)23)9-13(10-16(17)20)27(30-2)25-11-24/h3-6,9-10,26H,7-8H2,1-2H3/q+1. The van der Waals surface area contributed by atoms with Crippen molar-refractivity contribution >= 4 is 39.3 Å². The van der Waals surface area contributed by atoms with Gasteiger partial charge in [0, 0.05) is 23.2 Å². The summed E-state index contributed by atoms with van der Waals surface area (Å²) in [6, 6.07) is 7.17. The Morgan fingerprint density at radius 3 is 2.35 bits per heavy atom. The molecule has 1 aliphatic rings. The number of sulfonamides is 1. The zero-order chi connectivity index (χ0) is 23.0. The van der Waals surface area contributed by atoms with E-state index < -0.39 is 27.3 Å². The van der Waals surface area contributed by atoms with E-state index in [9.17, 15) is 21.6 Å². The van der Waals surface area contributed by atoms with Gasteiger partial charge in [-0.2, -0.15) is 18.4 Å². The lowest BCUT2D eigenvalue weighted by molar-refractivity contribution is -0.321. The highest BCUT2D eigenvalue weighted by atomic mass is 35.5. The van der Waals surface area contributed by atoms with Gasteiger partial charge in [0.25, 0.3) is 6.19 Å². The van der Waals surface area contributed by atoms with Gasteiger partial charge in [-0.3, -0.25) is 0 Å². The van der Waals surface area contributed by atoms with Crippen molar-refractivity contribution in [2.24, 2.45) is 5.11 Å². The van der Waals surface area contributed by atoms with Crippen molar-refractivity contribution in [3.8, 4) is 17.3 Å². The quantitative estimate of drug-likeness (QED) is 0.244. The summed E-state index contributed by atoms with van der Waals surface area (Å²) in [4.78, 5) is -0.0490. The van der Waals surface area contributed by atoms with Crippen LogP contribution < -0.4 is 4.72 Å². The van der Waals surface area contributed by atoms with Crippen molar-refractivity contribution in [3.63, 3.8) is 0 Å². The Labute approximate surface area is 186 Å². The Morgan fingerprint density at radius 1 is 1.26 bits per heavy atom. The van der Waals surface area contributed by atoms with Crippen LogP contribution in [0.15, 0.2) is 46.4 Å². The van der Waals surface area contributed by atoms with E-state index in [0.29, 0.717) is 0 Å². The molecule has 0 aromatic heterocycles. The molecule has 0 unspecified atom stereocenters. The third-order valence-corrected chi connectivity index (χ3v) is 7.33. The summed E-state index contributed by atoms with van der Waals surface area (Å²) in [6.45, 7) is 1.78.